The van der Waals surface area contributed by atoms with Crippen LogP contribution in [0.2, 0.25) is 0 Å². The Morgan fingerprint density at radius 2 is 1.81 bits per heavy atom. The van der Waals surface area contributed by atoms with Crippen LogP contribution in [0.1, 0.15) is 63.2 Å². The molecular weight excluding hydrogens is 348 g/mol. The average molecular weight is 379 g/mol. The summed E-state index contributed by atoms with van der Waals surface area (Å²) in [6.45, 7) is 6.08. The van der Waals surface area contributed by atoms with Crippen molar-refractivity contribution in [1.29, 1.82) is 0 Å². The zero-order valence-corrected chi connectivity index (χ0v) is 16.7. The second-order valence-electron chi connectivity index (χ2n) is 8.86. The molecular formula is C20H30N2O3S. The maximum absolute atomic E-state index is 12.3. The molecule has 1 amide bonds. The van der Waals surface area contributed by atoms with E-state index in [9.17, 15) is 13.2 Å². The van der Waals surface area contributed by atoms with Crippen molar-refractivity contribution in [2.24, 2.45) is 17.8 Å². The van der Waals surface area contributed by atoms with E-state index in [1.807, 2.05) is 0 Å². The minimum absolute atomic E-state index is 0.138. The summed E-state index contributed by atoms with van der Waals surface area (Å²) in [5.41, 5.74) is -0.0539. The lowest BCUT2D eigenvalue weighted by Gasteiger charge is -2.21. The second-order valence-corrected chi connectivity index (χ2v) is 10.5. The normalized spacial score (nSPS) is 25.4. The molecule has 0 spiro atoms. The van der Waals surface area contributed by atoms with Crippen molar-refractivity contribution >= 4 is 15.9 Å². The molecule has 144 valence electrons. The molecule has 0 radical (unpaired) electrons. The minimum atomic E-state index is -3.58. The number of amides is 1. The number of hydrogen-bond acceptors (Lipinski definition) is 3. The topological polar surface area (TPSA) is 75.3 Å². The summed E-state index contributed by atoms with van der Waals surface area (Å²) in [4.78, 5) is 12.5. The van der Waals surface area contributed by atoms with Gasteiger partial charge in [-0.15, -0.1) is 0 Å². The first-order chi connectivity index (χ1) is 12.1. The molecule has 3 unspecified atom stereocenters. The Labute approximate surface area is 157 Å². The Hall–Kier alpha value is -1.40. The van der Waals surface area contributed by atoms with Crippen LogP contribution in [-0.4, -0.2) is 26.4 Å². The van der Waals surface area contributed by atoms with Crippen molar-refractivity contribution in [1.82, 2.24) is 10.0 Å². The summed E-state index contributed by atoms with van der Waals surface area (Å²) in [7, 11) is -3.58. The van der Waals surface area contributed by atoms with Gasteiger partial charge in [-0.25, -0.2) is 13.1 Å². The SMILES string of the molecule is CC(C)(C)NS(=O)(=O)c1ccc(C(=O)NCCC2CC3CCC2C3)cc1. The minimum Gasteiger partial charge on any atom is -0.352 e. The molecule has 1 aromatic carbocycles. The highest BCUT2D eigenvalue weighted by molar-refractivity contribution is 7.89. The Morgan fingerprint density at radius 1 is 1.12 bits per heavy atom. The molecule has 6 heteroatoms. The Bertz CT molecular complexity index is 750. The van der Waals surface area contributed by atoms with Crippen LogP contribution in [0.15, 0.2) is 29.2 Å². The van der Waals surface area contributed by atoms with Gasteiger partial charge in [0, 0.05) is 17.6 Å². The molecule has 5 nitrogen and oxygen atoms in total. The maximum Gasteiger partial charge on any atom is 0.251 e. The fourth-order valence-electron chi connectivity index (χ4n) is 4.45. The number of sulfonamides is 1. The molecule has 2 bridgehead atoms. The summed E-state index contributed by atoms with van der Waals surface area (Å²) in [6.07, 6.45) is 6.52. The van der Waals surface area contributed by atoms with Crippen molar-refractivity contribution in [2.75, 3.05) is 6.54 Å². The van der Waals surface area contributed by atoms with Crippen LogP contribution in [0.25, 0.3) is 0 Å². The monoisotopic (exact) mass is 378 g/mol. The lowest BCUT2D eigenvalue weighted by atomic mass is 9.86. The van der Waals surface area contributed by atoms with Crippen LogP contribution >= 0.6 is 0 Å². The molecule has 26 heavy (non-hydrogen) atoms. The van der Waals surface area contributed by atoms with E-state index in [1.165, 1.54) is 37.8 Å². The van der Waals surface area contributed by atoms with Crippen molar-refractivity contribution in [3.8, 4) is 0 Å². The van der Waals surface area contributed by atoms with E-state index < -0.39 is 15.6 Å². The smallest absolute Gasteiger partial charge is 0.251 e. The van der Waals surface area contributed by atoms with Gasteiger partial charge in [-0.2, -0.15) is 0 Å². The van der Waals surface area contributed by atoms with E-state index in [0.29, 0.717) is 12.1 Å². The molecule has 0 aliphatic heterocycles. The summed E-state index contributed by atoms with van der Waals surface area (Å²) in [6, 6.07) is 6.12. The van der Waals surface area contributed by atoms with Crippen LogP contribution in [0.4, 0.5) is 0 Å². The number of rotatable bonds is 6. The van der Waals surface area contributed by atoms with Crippen LogP contribution < -0.4 is 10.0 Å². The molecule has 2 aliphatic rings. The number of fused-ring (bicyclic) bond motifs is 2. The lowest BCUT2D eigenvalue weighted by molar-refractivity contribution is 0.0949. The van der Waals surface area contributed by atoms with Gasteiger partial charge in [0.2, 0.25) is 10.0 Å². The van der Waals surface area contributed by atoms with Crippen molar-refractivity contribution in [3.63, 3.8) is 0 Å². The van der Waals surface area contributed by atoms with E-state index in [-0.39, 0.29) is 10.8 Å². The van der Waals surface area contributed by atoms with Gasteiger partial charge in [0.25, 0.3) is 5.91 Å². The van der Waals surface area contributed by atoms with E-state index in [0.717, 1.165) is 24.2 Å². The predicted octanol–water partition coefficient (Wildman–Crippen LogP) is 3.32. The zero-order chi connectivity index (χ0) is 18.9. The molecule has 2 saturated carbocycles. The molecule has 2 aliphatic carbocycles. The van der Waals surface area contributed by atoms with Crippen molar-refractivity contribution < 1.29 is 13.2 Å². The van der Waals surface area contributed by atoms with E-state index in [1.54, 1.807) is 32.9 Å². The highest BCUT2D eigenvalue weighted by Gasteiger charge is 2.38. The predicted molar refractivity (Wildman–Crippen MR) is 102 cm³/mol. The second kappa shape index (κ2) is 7.31. The molecule has 2 fully saturated rings. The summed E-state index contributed by atoms with van der Waals surface area (Å²) < 4.78 is 27.2. The fraction of sp³-hybridized carbons (Fsp3) is 0.650. The molecule has 0 heterocycles. The van der Waals surface area contributed by atoms with Gasteiger partial charge < -0.3 is 5.32 Å². The van der Waals surface area contributed by atoms with Crippen LogP contribution in [0.3, 0.4) is 0 Å². The third-order valence-electron chi connectivity index (χ3n) is 5.55. The number of carbonyl (C=O) groups is 1. The highest BCUT2D eigenvalue weighted by atomic mass is 32.2. The molecule has 0 saturated heterocycles. The van der Waals surface area contributed by atoms with Crippen molar-refractivity contribution in [3.05, 3.63) is 29.8 Å². The standard InChI is InChI=1S/C20H30N2O3S/c1-20(2,3)22-26(24,25)18-8-6-15(7-9-18)19(23)21-11-10-17-13-14-4-5-16(17)12-14/h6-9,14,16-17,22H,4-5,10-13H2,1-3H3,(H,21,23). The van der Waals surface area contributed by atoms with Gasteiger partial charge in [-0.05, 0) is 88.5 Å². The number of nitrogens with one attached hydrogen (secondary N) is 2. The largest absolute Gasteiger partial charge is 0.352 e. The Kier molecular flexibility index (Phi) is 5.45. The van der Waals surface area contributed by atoms with Crippen LogP contribution in [0, 0.1) is 17.8 Å². The first kappa shape index (κ1) is 19.4. The molecule has 2 N–H and O–H groups in total. The van der Waals surface area contributed by atoms with E-state index >= 15 is 0 Å². The highest BCUT2D eigenvalue weighted by Crippen LogP contribution is 2.49. The van der Waals surface area contributed by atoms with Crippen molar-refractivity contribution in [2.45, 2.75) is 63.3 Å². The Morgan fingerprint density at radius 3 is 2.35 bits per heavy atom. The summed E-state index contributed by atoms with van der Waals surface area (Å²) in [5.74, 6) is 2.43. The van der Waals surface area contributed by atoms with E-state index in [2.05, 4.69) is 10.0 Å². The summed E-state index contributed by atoms with van der Waals surface area (Å²) >= 11 is 0. The fourth-order valence-corrected chi connectivity index (χ4v) is 5.87. The van der Waals surface area contributed by atoms with Crippen LogP contribution in [-0.2, 0) is 10.0 Å². The first-order valence-electron chi connectivity index (χ1n) is 9.56. The molecule has 3 atom stereocenters. The average Bonchev–Trinajstić information content (AvgIpc) is 3.15. The molecule has 1 aromatic rings. The number of benzene rings is 1. The third-order valence-corrected chi connectivity index (χ3v) is 7.33. The molecule has 3 rings (SSSR count). The third kappa shape index (κ3) is 4.65. The van der Waals surface area contributed by atoms with Gasteiger partial charge in [-0.3, -0.25) is 4.79 Å². The van der Waals surface area contributed by atoms with Gasteiger partial charge in [0.1, 0.15) is 0 Å². The van der Waals surface area contributed by atoms with Gasteiger partial charge >= 0.3 is 0 Å². The van der Waals surface area contributed by atoms with Gasteiger partial charge in [0.15, 0.2) is 0 Å². The molecule has 0 aromatic heterocycles. The first-order valence-corrected chi connectivity index (χ1v) is 11.0. The van der Waals surface area contributed by atoms with Gasteiger partial charge in [-0.1, -0.05) is 6.42 Å². The van der Waals surface area contributed by atoms with Crippen LogP contribution in [0.5, 0.6) is 0 Å². The number of hydrogen-bond donors (Lipinski definition) is 2. The van der Waals surface area contributed by atoms with Gasteiger partial charge in [0.05, 0.1) is 4.90 Å². The number of carbonyl (C=O) groups excluding carboxylic acids is 1. The summed E-state index contributed by atoms with van der Waals surface area (Å²) in [5, 5.41) is 2.98. The lowest BCUT2D eigenvalue weighted by Crippen LogP contribution is -2.40. The maximum atomic E-state index is 12.3. The quantitative estimate of drug-likeness (QED) is 0.797. The van der Waals surface area contributed by atoms with E-state index in [4.69, 9.17) is 0 Å². The Balaban J connectivity index is 1.52. The zero-order valence-electron chi connectivity index (χ0n) is 15.9.